The maximum absolute atomic E-state index is 13.8. The Balaban J connectivity index is 3.13. The second-order valence-corrected chi connectivity index (χ2v) is 3.63. The Kier molecular flexibility index (Phi) is 4.22. The van der Waals surface area contributed by atoms with Crippen molar-refractivity contribution in [1.82, 2.24) is 0 Å². The number of benzene rings is 1. The first-order valence-corrected chi connectivity index (χ1v) is 5.56. The van der Waals surface area contributed by atoms with Gasteiger partial charge in [0, 0.05) is 0 Å². The lowest BCUT2D eigenvalue weighted by atomic mass is 10.1. The van der Waals surface area contributed by atoms with Crippen molar-refractivity contribution >= 4 is 11.8 Å². The van der Waals surface area contributed by atoms with E-state index in [0.717, 1.165) is 0 Å². The van der Waals surface area contributed by atoms with Crippen molar-refractivity contribution in [1.29, 1.82) is 0 Å². The van der Waals surface area contributed by atoms with E-state index in [2.05, 4.69) is 0 Å². The molecule has 0 aliphatic heterocycles. The van der Waals surface area contributed by atoms with Crippen LogP contribution >= 0.6 is 11.8 Å². The van der Waals surface area contributed by atoms with E-state index >= 15 is 0 Å². The number of hydrogen-bond acceptors (Lipinski definition) is 3. The van der Waals surface area contributed by atoms with Gasteiger partial charge in [0.2, 0.25) is 0 Å². The first-order chi connectivity index (χ1) is 6.74. The average Bonchev–Trinajstić information content (AvgIpc) is 2.21. The molecule has 0 amide bonds. The van der Waals surface area contributed by atoms with Crippen LogP contribution in [0.3, 0.4) is 0 Å². The van der Waals surface area contributed by atoms with Gasteiger partial charge in [0.05, 0.1) is 12.0 Å². The molecule has 14 heavy (non-hydrogen) atoms. The molecule has 0 radical (unpaired) electrons. The van der Waals surface area contributed by atoms with E-state index in [1.54, 1.807) is 12.1 Å². The van der Waals surface area contributed by atoms with Crippen molar-refractivity contribution in [3.8, 4) is 5.75 Å². The standard InChI is InChI=1S/C10H14FNOS/c1-13-8-4-3-7(5-6-12)9(11)10(8)14-2/h3-4H,5-6,12H2,1-2H3. The molecule has 0 aliphatic rings. The lowest BCUT2D eigenvalue weighted by Gasteiger charge is -2.10. The van der Waals surface area contributed by atoms with Gasteiger partial charge >= 0.3 is 0 Å². The number of ether oxygens (including phenoxy) is 1. The summed E-state index contributed by atoms with van der Waals surface area (Å²) < 4.78 is 18.8. The number of nitrogens with two attached hydrogens (primary N) is 1. The fourth-order valence-corrected chi connectivity index (χ4v) is 1.94. The summed E-state index contributed by atoms with van der Waals surface area (Å²) in [5.41, 5.74) is 6.04. The zero-order valence-electron chi connectivity index (χ0n) is 8.34. The number of halogens is 1. The second kappa shape index (κ2) is 5.22. The molecular formula is C10H14FNOS. The van der Waals surface area contributed by atoms with E-state index in [-0.39, 0.29) is 5.82 Å². The van der Waals surface area contributed by atoms with Crippen molar-refractivity contribution < 1.29 is 9.13 Å². The van der Waals surface area contributed by atoms with Gasteiger partial charge in [-0.05, 0) is 30.9 Å². The average molecular weight is 215 g/mol. The zero-order chi connectivity index (χ0) is 10.6. The number of methoxy groups -OCH3 is 1. The molecule has 0 bridgehead atoms. The third-order valence-corrected chi connectivity index (χ3v) is 2.77. The highest BCUT2D eigenvalue weighted by atomic mass is 32.2. The summed E-state index contributed by atoms with van der Waals surface area (Å²) in [5.74, 6) is 0.373. The van der Waals surface area contributed by atoms with Crippen LogP contribution in [0.1, 0.15) is 5.56 Å². The highest BCUT2D eigenvalue weighted by Crippen LogP contribution is 2.32. The maximum Gasteiger partial charge on any atom is 0.143 e. The third-order valence-electron chi connectivity index (χ3n) is 1.98. The number of rotatable bonds is 4. The smallest absolute Gasteiger partial charge is 0.143 e. The Morgan fingerprint density at radius 3 is 2.71 bits per heavy atom. The van der Waals surface area contributed by atoms with Gasteiger partial charge in [-0.2, -0.15) is 0 Å². The van der Waals surface area contributed by atoms with E-state index in [1.807, 2.05) is 6.26 Å². The summed E-state index contributed by atoms with van der Waals surface area (Å²) in [6.07, 6.45) is 2.39. The van der Waals surface area contributed by atoms with Crippen molar-refractivity contribution in [2.24, 2.45) is 5.73 Å². The minimum atomic E-state index is -0.206. The van der Waals surface area contributed by atoms with Crippen LogP contribution in [0, 0.1) is 5.82 Å². The minimum Gasteiger partial charge on any atom is -0.495 e. The number of hydrogen-bond donors (Lipinski definition) is 1. The predicted octanol–water partition coefficient (Wildman–Crippen LogP) is 2.06. The van der Waals surface area contributed by atoms with Crippen LogP contribution in [0.15, 0.2) is 17.0 Å². The van der Waals surface area contributed by atoms with Gasteiger partial charge in [-0.1, -0.05) is 6.07 Å². The topological polar surface area (TPSA) is 35.2 Å². The van der Waals surface area contributed by atoms with E-state index in [9.17, 15) is 4.39 Å². The van der Waals surface area contributed by atoms with Crippen molar-refractivity contribution in [3.05, 3.63) is 23.5 Å². The van der Waals surface area contributed by atoms with Crippen LogP contribution in [0.4, 0.5) is 4.39 Å². The normalized spacial score (nSPS) is 10.3. The molecule has 0 unspecified atom stereocenters. The fraction of sp³-hybridized carbons (Fsp3) is 0.400. The minimum absolute atomic E-state index is 0.206. The largest absolute Gasteiger partial charge is 0.495 e. The van der Waals surface area contributed by atoms with Crippen LogP contribution in [0.2, 0.25) is 0 Å². The molecule has 4 heteroatoms. The van der Waals surface area contributed by atoms with Crippen LogP contribution in [0.5, 0.6) is 5.75 Å². The van der Waals surface area contributed by atoms with Crippen molar-refractivity contribution in [2.75, 3.05) is 19.9 Å². The van der Waals surface area contributed by atoms with Gasteiger partial charge in [0.1, 0.15) is 11.6 Å². The molecule has 0 saturated heterocycles. The summed E-state index contributed by atoms with van der Waals surface area (Å²) >= 11 is 1.35. The first kappa shape index (κ1) is 11.3. The summed E-state index contributed by atoms with van der Waals surface area (Å²) in [4.78, 5) is 0.554. The van der Waals surface area contributed by atoms with Crippen LogP contribution < -0.4 is 10.5 Å². The lowest BCUT2D eigenvalue weighted by Crippen LogP contribution is -2.05. The quantitative estimate of drug-likeness (QED) is 0.781. The van der Waals surface area contributed by atoms with Gasteiger partial charge in [-0.3, -0.25) is 0 Å². The molecular weight excluding hydrogens is 201 g/mol. The predicted molar refractivity (Wildman–Crippen MR) is 57.5 cm³/mol. The fourth-order valence-electron chi connectivity index (χ4n) is 1.28. The van der Waals surface area contributed by atoms with Gasteiger partial charge in [0.25, 0.3) is 0 Å². The zero-order valence-corrected chi connectivity index (χ0v) is 9.16. The van der Waals surface area contributed by atoms with Crippen molar-refractivity contribution in [3.63, 3.8) is 0 Å². The van der Waals surface area contributed by atoms with E-state index in [4.69, 9.17) is 10.5 Å². The highest BCUT2D eigenvalue weighted by molar-refractivity contribution is 7.98. The van der Waals surface area contributed by atoms with Gasteiger partial charge < -0.3 is 10.5 Å². The molecule has 2 N–H and O–H groups in total. The third kappa shape index (κ3) is 2.19. The molecule has 0 aromatic heterocycles. The molecule has 0 spiro atoms. The molecule has 0 saturated carbocycles. The lowest BCUT2D eigenvalue weighted by molar-refractivity contribution is 0.396. The SMILES string of the molecule is COc1ccc(CCN)c(F)c1SC. The van der Waals surface area contributed by atoms with E-state index < -0.39 is 0 Å². The Hall–Kier alpha value is -0.740. The number of thioether (sulfide) groups is 1. The Morgan fingerprint density at radius 2 is 2.21 bits per heavy atom. The summed E-state index contributed by atoms with van der Waals surface area (Å²) in [6.45, 7) is 0.455. The monoisotopic (exact) mass is 215 g/mol. The molecule has 0 atom stereocenters. The molecule has 1 aromatic carbocycles. The Labute approximate surface area is 87.6 Å². The molecule has 0 aliphatic carbocycles. The van der Waals surface area contributed by atoms with Gasteiger partial charge in [-0.25, -0.2) is 4.39 Å². The maximum atomic E-state index is 13.8. The van der Waals surface area contributed by atoms with Crippen LogP contribution in [-0.2, 0) is 6.42 Å². The molecule has 0 heterocycles. The highest BCUT2D eigenvalue weighted by Gasteiger charge is 2.12. The molecule has 1 aromatic rings. The van der Waals surface area contributed by atoms with Gasteiger partial charge in [0.15, 0.2) is 0 Å². The molecule has 0 fully saturated rings. The summed E-state index contributed by atoms with van der Waals surface area (Å²) in [7, 11) is 1.54. The van der Waals surface area contributed by atoms with E-state index in [1.165, 1.54) is 18.9 Å². The van der Waals surface area contributed by atoms with Gasteiger partial charge in [-0.15, -0.1) is 11.8 Å². The Morgan fingerprint density at radius 1 is 1.50 bits per heavy atom. The second-order valence-electron chi connectivity index (χ2n) is 2.81. The summed E-state index contributed by atoms with van der Waals surface area (Å²) in [5, 5.41) is 0. The van der Waals surface area contributed by atoms with Crippen LogP contribution in [0.25, 0.3) is 0 Å². The first-order valence-electron chi connectivity index (χ1n) is 4.34. The Bertz CT molecular complexity index is 317. The van der Waals surface area contributed by atoms with Crippen molar-refractivity contribution in [2.45, 2.75) is 11.3 Å². The molecule has 2 nitrogen and oxygen atoms in total. The van der Waals surface area contributed by atoms with E-state index in [0.29, 0.717) is 29.2 Å². The molecule has 1 rings (SSSR count). The molecule has 78 valence electrons. The van der Waals surface area contributed by atoms with Crippen LogP contribution in [-0.4, -0.2) is 19.9 Å². The summed E-state index contributed by atoms with van der Waals surface area (Å²) in [6, 6.07) is 3.50.